The van der Waals surface area contributed by atoms with Crippen molar-refractivity contribution < 1.29 is 0 Å². The highest BCUT2D eigenvalue weighted by atomic mass is 14.7. The fourth-order valence-electron chi connectivity index (χ4n) is 2.64. The summed E-state index contributed by atoms with van der Waals surface area (Å²) in [5.74, 6) is 0.709. The standard InChI is InChI=1S/C14H21N/c1-11-6-5-9-13(10-11)14(15)12-7-3-2-4-8-12/h5-6,9-10,12,14H,2-4,7-8,15H2,1H3/t14-/m1/s1. The van der Waals surface area contributed by atoms with Crippen LogP contribution in [0.1, 0.15) is 49.3 Å². The minimum atomic E-state index is 0.255. The van der Waals surface area contributed by atoms with Gasteiger partial charge in [0.2, 0.25) is 0 Å². The molecule has 1 heteroatoms. The summed E-state index contributed by atoms with van der Waals surface area (Å²) in [5.41, 5.74) is 8.98. The van der Waals surface area contributed by atoms with E-state index < -0.39 is 0 Å². The molecule has 0 saturated heterocycles. The van der Waals surface area contributed by atoms with Crippen LogP contribution in [0.4, 0.5) is 0 Å². The van der Waals surface area contributed by atoms with E-state index in [9.17, 15) is 0 Å². The maximum absolute atomic E-state index is 6.34. The first-order chi connectivity index (χ1) is 7.27. The van der Waals surface area contributed by atoms with Crippen molar-refractivity contribution in [3.63, 3.8) is 0 Å². The minimum absolute atomic E-state index is 0.255. The van der Waals surface area contributed by atoms with E-state index >= 15 is 0 Å². The normalized spacial score (nSPS) is 20.1. The fourth-order valence-corrected chi connectivity index (χ4v) is 2.64. The molecule has 1 saturated carbocycles. The predicted molar refractivity (Wildman–Crippen MR) is 64.7 cm³/mol. The van der Waals surface area contributed by atoms with Crippen molar-refractivity contribution in [2.75, 3.05) is 0 Å². The molecule has 0 aliphatic heterocycles. The van der Waals surface area contributed by atoms with Crippen LogP contribution in [0.25, 0.3) is 0 Å². The molecule has 1 aliphatic rings. The molecule has 0 amide bonds. The van der Waals surface area contributed by atoms with Gasteiger partial charge >= 0.3 is 0 Å². The van der Waals surface area contributed by atoms with E-state index in [4.69, 9.17) is 5.73 Å². The highest BCUT2D eigenvalue weighted by molar-refractivity contribution is 5.25. The van der Waals surface area contributed by atoms with E-state index in [0.29, 0.717) is 5.92 Å². The van der Waals surface area contributed by atoms with Gasteiger partial charge in [0.1, 0.15) is 0 Å². The van der Waals surface area contributed by atoms with Crippen molar-refractivity contribution in [1.29, 1.82) is 0 Å². The summed E-state index contributed by atoms with van der Waals surface area (Å²) in [4.78, 5) is 0. The van der Waals surface area contributed by atoms with Crippen molar-refractivity contribution in [2.24, 2.45) is 11.7 Å². The molecule has 0 radical (unpaired) electrons. The van der Waals surface area contributed by atoms with E-state index in [1.807, 2.05) is 0 Å². The SMILES string of the molecule is Cc1cccc([C@H](N)C2CCCCC2)c1. The first-order valence-corrected chi connectivity index (χ1v) is 6.09. The topological polar surface area (TPSA) is 26.0 Å². The Morgan fingerprint density at radius 3 is 2.60 bits per heavy atom. The second kappa shape index (κ2) is 4.80. The molecule has 0 spiro atoms. The van der Waals surface area contributed by atoms with Crippen LogP contribution in [0.2, 0.25) is 0 Å². The van der Waals surface area contributed by atoms with Crippen LogP contribution in [0.5, 0.6) is 0 Å². The molecule has 1 nitrogen and oxygen atoms in total. The Morgan fingerprint density at radius 1 is 1.20 bits per heavy atom. The molecule has 1 aromatic rings. The number of rotatable bonds is 2. The maximum Gasteiger partial charge on any atom is 0.0323 e. The highest BCUT2D eigenvalue weighted by Crippen LogP contribution is 2.32. The molecule has 1 aromatic carbocycles. The summed E-state index contributed by atoms with van der Waals surface area (Å²) in [6.45, 7) is 2.14. The van der Waals surface area contributed by atoms with Gasteiger partial charge < -0.3 is 5.73 Å². The van der Waals surface area contributed by atoms with Gasteiger partial charge in [-0.3, -0.25) is 0 Å². The number of aryl methyl sites for hydroxylation is 1. The summed E-state index contributed by atoms with van der Waals surface area (Å²) in [6.07, 6.45) is 6.76. The Morgan fingerprint density at radius 2 is 1.93 bits per heavy atom. The van der Waals surface area contributed by atoms with Crippen molar-refractivity contribution in [3.8, 4) is 0 Å². The zero-order valence-corrected chi connectivity index (χ0v) is 9.58. The zero-order valence-electron chi connectivity index (χ0n) is 9.58. The quantitative estimate of drug-likeness (QED) is 0.781. The van der Waals surface area contributed by atoms with E-state index in [-0.39, 0.29) is 6.04 Å². The molecule has 0 bridgehead atoms. The molecule has 0 heterocycles. The monoisotopic (exact) mass is 203 g/mol. The lowest BCUT2D eigenvalue weighted by atomic mass is 9.81. The molecule has 1 atom stereocenters. The minimum Gasteiger partial charge on any atom is -0.324 e. The van der Waals surface area contributed by atoms with Crippen molar-refractivity contribution in [1.82, 2.24) is 0 Å². The van der Waals surface area contributed by atoms with Crippen LogP contribution < -0.4 is 5.73 Å². The summed E-state index contributed by atoms with van der Waals surface area (Å²) in [5, 5.41) is 0. The average molecular weight is 203 g/mol. The molecule has 0 aromatic heterocycles. The largest absolute Gasteiger partial charge is 0.324 e. The molecule has 1 aliphatic carbocycles. The first kappa shape index (κ1) is 10.7. The van der Waals surface area contributed by atoms with Crippen LogP contribution >= 0.6 is 0 Å². The van der Waals surface area contributed by atoms with Gasteiger partial charge in [-0.2, -0.15) is 0 Å². The Bertz CT molecular complexity index is 313. The Kier molecular flexibility index (Phi) is 3.42. The third-order valence-electron chi connectivity index (χ3n) is 3.58. The lowest BCUT2D eigenvalue weighted by Crippen LogP contribution is -2.23. The van der Waals surface area contributed by atoms with Crippen LogP contribution in [-0.4, -0.2) is 0 Å². The van der Waals surface area contributed by atoms with Crippen molar-refractivity contribution in [3.05, 3.63) is 35.4 Å². The smallest absolute Gasteiger partial charge is 0.0323 e. The second-order valence-corrected chi connectivity index (χ2v) is 4.84. The molecule has 0 unspecified atom stereocenters. The van der Waals surface area contributed by atoms with Gasteiger partial charge in [0.25, 0.3) is 0 Å². The summed E-state index contributed by atoms with van der Waals surface area (Å²) in [6, 6.07) is 8.92. The van der Waals surface area contributed by atoms with Gasteiger partial charge in [-0.05, 0) is 31.2 Å². The molecular formula is C14H21N. The van der Waals surface area contributed by atoms with Crippen LogP contribution in [-0.2, 0) is 0 Å². The summed E-state index contributed by atoms with van der Waals surface area (Å²) in [7, 11) is 0. The number of benzene rings is 1. The lowest BCUT2D eigenvalue weighted by molar-refractivity contribution is 0.308. The van der Waals surface area contributed by atoms with Gasteiger partial charge in [-0.1, -0.05) is 49.1 Å². The van der Waals surface area contributed by atoms with Gasteiger partial charge in [-0.15, -0.1) is 0 Å². The number of hydrogen-bond acceptors (Lipinski definition) is 1. The van der Waals surface area contributed by atoms with Crippen LogP contribution in [0, 0.1) is 12.8 Å². The van der Waals surface area contributed by atoms with Gasteiger partial charge in [0, 0.05) is 6.04 Å². The Balaban J connectivity index is 2.08. The Hall–Kier alpha value is -0.820. The van der Waals surface area contributed by atoms with Gasteiger partial charge in [0.05, 0.1) is 0 Å². The van der Waals surface area contributed by atoms with Crippen LogP contribution in [0.15, 0.2) is 24.3 Å². The van der Waals surface area contributed by atoms with E-state index in [1.165, 1.54) is 43.2 Å². The number of hydrogen-bond donors (Lipinski definition) is 1. The third-order valence-corrected chi connectivity index (χ3v) is 3.58. The van der Waals surface area contributed by atoms with E-state index in [2.05, 4.69) is 31.2 Å². The summed E-state index contributed by atoms with van der Waals surface area (Å²) >= 11 is 0. The van der Waals surface area contributed by atoms with Crippen molar-refractivity contribution in [2.45, 2.75) is 45.1 Å². The zero-order chi connectivity index (χ0) is 10.7. The molecular weight excluding hydrogens is 182 g/mol. The van der Waals surface area contributed by atoms with Gasteiger partial charge in [-0.25, -0.2) is 0 Å². The molecule has 1 fully saturated rings. The second-order valence-electron chi connectivity index (χ2n) is 4.84. The molecule has 2 rings (SSSR count). The first-order valence-electron chi connectivity index (χ1n) is 6.09. The molecule has 15 heavy (non-hydrogen) atoms. The Labute approximate surface area is 92.7 Å². The highest BCUT2D eigenvalue weighted by Gasteiger charge is 2.21. The van der Waals surface area contributed by atoms with E-state index in [0.717, 1.165) is 0 Å². The third kappa shape index (κ3) is 2.60. The maximum atomic E-state index is 6.34. The van der Waals surface area contributed by atoms with Crippen LogP contribution in [0.3, 0.4) is 0 Å². The predicted octanol–water partition coefficient (Wildman–Crippen LogP) is 3.58. The van der Waals surface area contributed by atoms with Gasteiger partial charge in [0.15, 0.2) is 0 Å². The lowest BCUT2D eigenvalue weighted by Gasteiger charge is -2.27. The molecule has 2 N–H and O–H groups in total. The summed E-state index contributed by atoms with van der Waals surface area (Å²) < 4.78 is 0. The number of nitrogens with two attached hydrogens (primary N) is 1. The van der Waals surface area contributed by atoms with Crippen molar-refractivity contribution >= 4 is 0 Å². The van der Waals surface area contributed by atoms with E-state index in [1.54, 1.807) is 0 Å². The average Bonchev–Trinajstić information content (AvgIpc) is 2.29. The fraction of sp³-hybridized carbons (Fsp3) is 0.571. The molecule has 82 valence electrons.